The summed E-state index contributed by atoms with van der Waals surface area (Å²) < 4.78 is 14.5. The molecule has 0 saturated carbocycles. The van der Waals surface area contributed by atoms with E-state index in [1.165, 1.54) is 248 Å². The first kappa shape index (κ1) is 81.6. The zero-order valence-electron chi connectivity index (χ0n) is 74.2. The molecule has 0 spiro atoms. The normalized spacial score (nSPS) is 13.2. The topological polar surface area (TPSA) is 62.0 Å². The molecular weight excluding hydrogens is 1760 g/mol. The van der Waals surface area contributed by atoms with Crippen molar-refractivity contribution in [1.82, 2.24) is 15.0 Å². The average molecular weight is 1850 g/mol. The molecule has 0 unspecified atom stereocenters. The van der Waals surface area contributed by atoms with Crippen LogP contribution in [-0.4, -0.2) is 15.0 Å². The van der Waals surface area contributed by atoms with Crippen LogP contribution >= 0.6 is 70.6 Å². The maximum Gasteiger partial charge on any atom is 0.222 e. The predicted molar refractivity (Wildman–Crippen MR) is 567 cm³/mol. The highest BCUT2D eigenvalue weighted by Crippen LogP contribution is 2.50. The Morgan fingerprint density at radius 2 is 0.637 bits per heavy atom. The van der Waals surface area contributed by atoms with E-state index in [0.29, 0.717) is 0 Å². The maximum absolute atomic E-state index is 4.56. The Kier molecular flexibility index (Phi) is 20.4. The van der Waals surface area contributed by atoms with Crippen LogP contribution in [-0.2, 0) is 35.3 Å². The van der Waals surface area contributed by atoms with E-state index in [1.807, 2.05) is 114 Å². The largest absolute Gasteiger partial charge is 0.265 e. The van der Waals surface area contributed by atoms with Crippen molar-refractivity contribution < 1.29 is 27.4 Å². The van der Waals surface area contributed by atoms with Crippen LogP contribution in [0.1, 0.15) is 17.1 Å². The molecule has 0 amide bonds. The highest BCUT2D eigenvalue weighted by atomic mass is 32.2. The van der Waals surface area contributed by atoms with Gasteiger partial charge in [-0.3, -0.25) is 15.0 Å². The molecule has 9 aromatic heterocycles. The summed E-state index contributed by atoms with van der Waals surface area (Å²) in [5.41, 5.74) is 23.4. The van der Waals surface area contributed by atoms with E-state index in [0.717, 1.165) is 41.0 Å². The molecule has 25 aromatic rings. The summed E-state index contributed by atoms with van der Waals surface area (Å²) in [6.45, 7) is 6.57. The van der Waals surface area contributed by atoms with Gasteiger partial charge in [-0.25, -0.2) is 0 Å². The summed E-state index contributed by atoms with van der Waals surface area (Å²) in [4.78, 5) is 21.4. The number of aryl methyl sites for hydroxylation is 3. The second kappa shape index (κ2) is 33.8. The maximum atomic E-state index is 4.56. The first-order chi connectivity index (χ1) is 66.7. The molecule has 15 heteroatoms. The summed E-state index contributed by atoms with van der Waals surface area (Å²) in [5, 5.41) is 31.0. The number of thioether (sulfide) groups is 6. The van der Waals surface area contributed by atoms with E-state index >= 15 is 0 Å². The van der Waals surface area contributed by atoms with Crippen LogP contribution in [0.25, 0.3) is 207 Å². The fourth-order valence-corrected chi connectivity index (χ4v) is 28.5. The number of hydrogen-bond donors (Lipinski definition) is 0. The van der Waals surface area contributed by atoms with Crippen LogP contribution in [0.3, 0.4) is 0 Å². The van der Waals surface area contributed by atoms with Crippen molar-refractivity contribution in [3.8, 4) is 44.6 Å². The standard InChI is InChI=1S/C24H16NS.3C20H15N2S.2C18H12NS/c1-2-6-16(7-3-1)20-13-12-17-10-11-19-14-18-8-4-5-9-21(18)25-15-26-24(20)22(17)23(19)25;1-13-2-3-16-5-4-15-6-7-17(14-8-10-21-11-9-14)20-18(15)19(16)22(13)12-23-20;1-13-4-5-15-7-6-14-8-9-17(16-3-2-10-21-11-16)20-18(14)19(15)22(13)12-23-20;1-13-5-6-15-8-7-14-9-10-16(17-4-2-3-11-21-17)20-18(14)19(15)22(13)12-23-20;1-2-6-15-13(4-1)10-14-8-7-12-5-3-9-19-11-20-18(15)16(14)17(12)19;1-2-6-14-13(4-1)10-16-17-15(14)8-7-12-5-3-9-19(11-20-16)18(12)17/h1-14H,15H2;3*2-11H,12H2,1H3;2*1-10H,11H2/q6*+1. The minimum atomic E-state index is 0.952. The Morgan fingerprint density at radius 3 is 1.21 bits per heavy atom. The van der Waals surface area contributed by atoms with E-state index in [2.05, 4.69) is 409 Å². The molecule has 0 radical (unpaired) electrons. The zero-order chi connectivity index (χ0) is 89.5. The molecule has 6 aliphatic heterocycles. The third kappa shape index (κ3) is 13.9. The Bertz CT molecular complexity index is 8850. The van der Waals surface area contributed by atoms with Crippen LogP contribution in [0.4, 0.5) is 0 Å². The van der Waals surface area contributed by atoms with Gasteiger partial charge in [-0.1, -0.05) is 259 Å². The molecule has 15 heterocycles. The van der Waals surface area contributed by atoms with Crippen molar-refractivity contribution in [2.75, 3.05) is 0 Å². The quantitative estimate of drug-likeness (QED) is 0.0974. The van der Waals surface area contributed by atoms with Crippen molar-refractivity contribution in [3.63, 3.8) is 0 Å². The van der Waals surface area contributed by atoms with Gasteiger partial charge >= 0.3 is 0 Å². The van der Waals surface area contributed by atoms with Crippen molar-refractivity contribution >= 4 is 233 Å². The second-order valence-corrected chi connectivity index (χ2v) is 41.0. The number of fused-ring (bicyclic) bond motifs is 6. The van der Waals surface area contributed by atoms with Crippen LogP contribution in [0.15, 0.2) is 419 Å². The average Bonchev–Trinajstić information content (AvgIpc) is 0.801. The van der Waals surface area contributed by atoms with Crippen LogP contribution in [0, 0.1) is 20.8 Å². The van der Waals surface area contributed by atoms with Crippen molar-refractivity contribution in [2.45, 2.75) is 85.4 Å². The summed E-state index contributed by atoms with van der Waals surface area (Å²) in [6.07, 6.45) is 13.8. The lowest BCUT2D eigenvalue weighted by Gasteiger charge is -2.18. The van der Waals surface area contributed by atoms with E-state index < -0.39 is 0 Å². The van der Waals surface area contributed by atoms with Gasteiger partial charge in [-0.2, -0.15) is 27.4 Å². The summed E-state index contributed by atoms with van der Waals surface area (Å²) in [7, 11) is 0. The van der Waals surface area contributed by atoms with Crippen LogP contribution < -0.4 is 27.4 Å². The first-order valence-electron chi connectivity index (χ1n) is 45.8. The molecule has 0 bridgehead atoms. The van der Waals surface area contributed by atoms with E-state index in [9.17, 15) is 0 Å². The fraction of sp³-hybridized carbons (Fsp3) is 0.0750. The van der Waals surface area contributed by atoms with E-state index in [-0.39, 0.29) is 0 Å². The third-order valence-electron chi connectivity index (χ3n) is 27.7. The molecule has 0 N–H and O–H groups in total. The smallest absolute Gasteiger partial charge is 0.222 e. The van der Waals surface area contributed by atoms with Crippen molar-refractivity contribution in [1.29, 1.82) is 0 Å². The van der Waals surface area contributed by atoms with Crippen LogP contribution in [0.5, 0.6) is 0 Å². The molecule has 0 atom stereocenters. The van der Waals surface area contributed by atoms with Gasteiger partial charge in [0.1, 0.15) is 0 Å². The van der Waals surface area contributed by atoms with Crippen LogP contribution in [0.2, 0.25) is 0 Å². The van der Waals surface area contributed by atoms with Gasteiger partial charge in [0.25, 0.3) is 0 Å². The number of rotatable bonds is 4. The number of para-hydroxylation sites is 1. The van der Waals surface area contributed by atoms with Gasteiger partial charge in [0.05, 0.1) is 38.0 Å². The van der Waals surface area contributed by atoms with Gasteiger partial charge in [0, 0.05) is 166 Å². The summed E-state index contributed by atoms with van der Waals surface area (Å²) >= 11 is 11.6. The molecule has 135 heavy (non-hydrogen) atoms. The number of aromatic nitrogens is 9. The molecule has 0 fully saturated rings. The molecule has 6 aliphatic rings. The lowest BCUT2D eigenvalue weighted by Crippen LogP contribution is -2.38. The van der Waals surface area contributed by atoms with Crippen molar-refractivity contribution in [2.24, 2.45) is 0 Å². The lowest BCUT2D eigenvalue weighted by molar-refractivity contribution is -0.655. The summed E-state index contributed by atoms with van der Waals surface area (Å²) in [5.74, 6) is 5.84. The number of nitrogens with zero attached hydrogens (tertiary/aromatic N) is 9. The lowest BCUT2D eigenvalue weighted by atomic mass is 9.98. The molecule has 640 valence electrons. The van der Waals surface area contributed by atoms with Gasteiger partial charge in [-0.05, 0) is 203 Å². The summed E-state index contributed by atoms with van der Waals surface area (Å²) in [6, 6.07) is 125. The molecule has 9 nitrogen and oxygen atoms in total. The highest BCUT2D eigenvalue weighted by molar-refractivity contribution is 7.99. The first-order valence-corrected chi connectivity index (χ1v) is 51.7. The second-order valence-electron chi connectivity index (χ2n) is 35.2. The zero-order valence-corrected chi connectivity index (χ0v) is 79.1. The third-order valence-corrected chi connectivity index (χ3v) is 34.2. The SMILES string of the molecule is Cc1ccc2ccc3ccc(-c4ccccn4)c4c3c2[n+]1CS4.Cc1ccc2ccc3ccc(-c4cccnc4)c4c3c2[n+]1CS4.Cc1ccc2ccc3ccc(-c4ccncc4)c4c3c2[n+]1CS4.c1ccc(-c2ccc3ccc4cc5ccccc5[n+]5c4c3c2SC5)cc1.c1ccc2c(c1)cc1c3c2ccc2ccc[n+](c23)CS1.c1ccc2c3c4c(ccc5ccc[n+](c54)CS3)cc2c1. The minimum Gasteiger partial charge on any atom is -0.265 e. The number of benzene rings is 16. The number of pyridine rings is 9. The molecule has 31 rings (SSSR count). The van der Waals surface area contributed by atoms with E-state index in [1.54, 1.807) is 0 Å². The Morgan fingerprint density at radius 1 is 0.230 bits per heavy atom. The predicted octanol–water partition coefficient (Wildman–Crippen LogP) is 29.3. The minimum absolute atomic E-state index is 0.952. The molecule has 0 saturated heterocycles. The van der Waals surface area contributed by atoms with Gasteiger partial charge in [-0.15, -0.1) is 0 Å². The monoisotopic (exact) mass is 1840 g/mol. The molecular formula is C120H85N9S6+6. The Hall–Kier alpha value is -14.1. The van der Waals surface area contributed by atoms with E-state index in [4.69, 9.17) is 0 Å². The highest BCUT2D eigenvalue weighted by Gasteiger charge is 2.34. The van der Waals surface area contributed by atoms with Gasteiger partial charge < -0.3 is 0 Å². The number of hydrogen-bond acceptors (Lipinski definition) is 9. The Balaban J connectivity index is 0.0000000844. The molecule has 0 aliphatic carbocycles. The van der Waals surface area contributed by atoms with Crippen molar-refractivity contribution in [3.05, 3.63) is 406 Å². The van der Waals surface area contributed by atoms with Gasteiger partial charge in [0.2, 0.25) is 38.6 Å². The Labute approximate surface area is 804 Å². The molecule has 16 aromatic carbocycles. The fourth-order valence-electron chi connectivity index (χ4n) is 21.2. The van der Waals surface area contributed by atoms with Gasteiger partial charge in [0.15, 0.2) is 64.7 Å².